The van der Waals surface area contributed by atoms with E-state index in [4.69, 9.17) is 0 Å². The van der Waals surface area contributed by atoms with Crippen molar-refractivity contribution in [1.29, 1.82) is 0 Å². The SMILES string of the molecule is c1ccc(-c2cccc(-c3cccc(-c4ccc(-c5cc(-c6ccccc6)ccc5-n5c6ccccc6c6ccc7c(c8ccccc8n7-c7ccccc7)c65)cc4)c3)c2)cc1. The summed E-state index contributed by atoms with van der Waals surface area (Å²) in [6, 6.07) is 88.4. The molecule has 0 aliphatic rings. The minimum atomic E-state index is 1.15. The highest BCUT2D eigenvalue weighted by Gasteiger charge is 2.22. The van der Waals surface area contributed by atoms with Crippen molar-refractivity contribution in [2.75, 3.05) is 0 Å². The van der Waals surface area contributed by atoms with Crippen LogP contribution in [0.15, 0.2) is 243 Å². The normalized spacial score (nSPS) is 11.5. The Morgan fingerprint density at radius 3 is 1.32 bits per heavy atom. The third-order valence-corrected chi connectivity index (χ3v) is 12.5. The predicted octanol–water partition coefficient (Wildman–Crippen LogP) is 16.2. The van der Waals surface area contributed by atoms with Gasteiger partial charge in [0.2, 0.25) is 0 Å². The zero-order valence-electron chi connectivity index (χ0n) is 34.0. The first-order valence-electron chi connectivity index (χ1n) is 21.3. The van der Waals surface area contributed by atoms with Crippen LogP contribution < -0.4 is 0 Å². The van der Waals surface area contributed by atoms with Crippen molar-refractivity contribution in [3.63, 3.8) is 0 Å². The Labute approximate surface area is 360 Å². The average Bonchev–Trinajstić information content (AvgIpc) is 3.88. The molecule has 2 heteroatoms. The van der Waals surface area contributed by atoms with Crippen molar-refractivity contribution in [2.45, 2.75) is 0 Å². The van der Waals surface area contributed by atoms with E-state index in [0.717, 1.165) is 16.9 Å². The number of hydrogen-bond donors (Lipinski definition) is 0. The lowest BCUT2D eigenvalue weighted by Crippen LogP contribution is -1.99. The first-order valence-corrected chi connectivity index (χ1v) is 21.3. The highest BCUT2D eigenvalue weighted by atomic mass is 15.0. The molecule has 2 nitrogen and oxygen atoms in total. The molecule has 0 atom stereocenters. The Balaban J connectivity index is 1.05. The fraction of sp³-hybridized carbons (Fsp3) is 0. The Bertz CT molecular complexity index is 3600. The highest BCUT2D eigenvalue weighted by molar-refractivity contribution is 6.26. The van der Waals surface area contributed by atoms with Crippen LogP contribution in [0.3, 0.4) is 0 Å². The molecule has 0 aliphatic carbocycles. The summed E-state index contributed by atoms with van der Waals surface area (Å²) in [5, 5.41) is 4.97. The molecule has 10 aromatic carbocycles. The zero-order valence-corrected chi connectivity index (χ0v) is 34.0. The second-order valence-corrected chi connectivity index (χ2v) is 16.1. The molecule has 2 aromatic heterocycles. The van der Waals surface area contributed by atoms with E-state index >= 15 is 0 Å². The lowest BCUT2D eigenvalue weighted by molar-refractivity contribution is 1.17. The maximum atomic E-state index is 2.53. The predicted molar refractivity (Wildman–Crippen MR) is 262 cm³/mol. The van der Waals surface area contributed by atoms with Gasteiger partial charge in [0.05, 0.1) is 27.8 Å². The number of fused-ring (bicyclic) bond motifs is 7. The Hall–Kier alpha value is -8.20. The molecule has 62 heavy (non-hydrogen) atoms. The molecular formula is C60H40N2. The summed E-state index contributed by atoms with van der Waals surface area (Å²) in [4.78, 5) is 0. The molecule has 0 radical (unpaired) electrons. The number of para-hydroxylation sites is 3. The summed E-state index contributed by atoms with van der Waals surface area (Å²) in [5.41, 5.74) is 19.0. The summed E-state index contributed by atoms with van der Waals surface area (Å²) in [6.07, 6.45) is 0. The Morgan fingerprint density at radius 1 is 0.242 bits per heavy atom. The number of rotatable bonds is 7. The number of benzene rings is 10. The van der Waals surface area contributed by atoms with E-state index in [0.29, 0.717) is 0 Å². The van der Waals surface area contributed by atoms with Gasteiger partial charge in [-0.1, -0.05) is 188 Å². The highest BCUT2D eigenvalue weighted by Crippen LogP contribution is 2.44. The van der Waals surface area contributed by atoms with Gasteiger partial charge in [-0.15, -0.1) is 0 Å². The second kappa shape index (κ2) is 14.8. The van der Waals surface area contributed by atoms with Crippen LogP contribution in [0.25, 0.3) is 111 Å². The Morgan fingerprint density at radius 2 is 0.694 bits per heavy atom. The molecule has 0 amide bonds. The first kappa shape index (κ1) is 35.7. The van der Waals surface area contributed by atoms with Crippen LogP contribution in [0.4, 0.5) is 0 Å². The molecule has 0 N–H and O–H groups in total. The van der Waals surface area contributed by atoms with Crippen LogP contribution in [-0.4, -0.2) is 9.13 Å². The molecule has 290 valence electrons. The fourth-order valence-corrected chi connectivity index (χ4v) is 9.62. The van der Waals surface area contributed by atoms with Crippen molar-refractivity contribution in [3.8, 4) is 67.0 Å². The van der Waals surface area contributed by atoms with E-state index < -0.39 is 0 Å². The van der Waals surface area contributed by atoms with E-state index in [9.17, 15) is 0 Å². The zero-order chi connectivity index (χ0) is 41.0. The quantitative estimate of drug-likeness (QED) is 0.152. The molecule has 0 saturated heterocycles. The molecule has 0 saturated carbocycles. The average molecular weight is 789 g/mol. The third kappa shape index (κ3) is 5.96. The molecular weight excluding hydrogens is 749 g/mol. The van der Waals surface area contributed by atoms with E-state index in [1.807, 2.05) is 0 Å². The maximum absolute atomic E-state index is 2.53. The van der Waals surface area contributed by atoms with Crippen LogP contribution >= 0.6 is 0 Å². The van der Waals surface area contributed by atoms with Gasteiger partial charge in [0.15, 0.2) is 0 Å². The minimum Gasteiger partial charge on any atom is -0.309 e. The van der Waals surface area contributed by atoms with Crippen molar-refractivity contribution in [2.24, 2.45) is 0 Å². The van der Waals surface area contributed by atoms with E-state index in [1.165, 1.54) is 93.7 Å². The van der Waals surface area contributed by atoms with Gasteiger partial charge in [-0.3, -0.25) is 0 Å². The smallest absolute Gasteiger partial charge is 0.0641 e. The monoisotopic (exact) mass is 788 g/mol. The van der Waals surface area contributed by atoms with Crippen LogP contribution in [0.1, 0.15) is 0 Å². The van der Waals surface area contributed by atoms with Crippen molar-refractivity contribution >= 4 is 43.6 Å². The van der Waals surface area contributed by atoms with Gasteiger partial charge >= 0.3 is 0 Å². The maximum Gasteiger partial charge on any atom is 0.0641 e. The van der Waals surface area contributed by atoms with Gasteiger partial charge in [0, 0.05) is 32.8 Å². The second-order valence-electron chi connectivity index (χ2n) is 16.1. The van der Waals surface area contributed by atoms with Gasteiger partial charge in [0.1, 0.15) is 0 Å². The van der Waals surface area contributed by atoms with Crippen LogP contribution in [-0.2, 0) is 0 Å². The molecule has 2 heterocycles. The van der Waals surface area contributed by atoms with E-state index in [-0.39, 0.29) is 0 Å². The fourth-order valence-electron chi connectivity index (χ4n) is 9.62. The van der Waals surface area contributed by atoms with Gasteiger partial charge < -0.3 is 9.13 Å². The molecule has 0 spiro atoms. The van der Waals surface area contributed by atoms with Gasteiger partial charge in [-0.05, 0) is 105 Å². The lowest BCUT2D eigenvalue weighted by Gasteiger charge is -2.17. The van der Waals surface area contributed by atoms with E-state index in [1.54, 1.807) is 0 Å². The van der Waals surface area contributed by atoms with Gasteiger partial charge in [-0.25, -0.2) is 0 Å². The number of nitrogens with zero attached hydrogens (tertiary/aromatic N) is 2. The van der Waals surface area contributed by atoms with E-state index in [2.05, 4.69) is 252 Å². The largest absolute Gasteiger partial charge is 0.309 e. The van der Waals surface area contributed by atoms with Crippen molar-refractivity contribution in [1.82, 2.24) is 9.13 Å². The molecule has 0 fully saturated rings. The van der Waals surface area contributed by atoms with Crippen LogP contribution in [0, 0.1) is 0 Å². The Kier molecular flexibility index (Phi) is 8.53. The van der Waals surface area contributed by atoms with Crippen LogP contribution in [0.5, 0.6) is 0 Å². The van der Waals surface area contributed by atoms with Crippen molar-refractivity contribution in [3.05, 3.63) is 243 Å². The summed E-state index contributed by atoms with van der Waals surface area (Å²) < 4.78 is 4.94. The molecule has 0 aliphatic heterocycles. The molecule has 12 rings (SSSR count). The molecule has 0 bridgehead atoms. The summed E-state index contributed by atoms with van der Waals surface area (Å²) in [5.74, 6) is 0. The molecule has 0 unspecified atom stereocenters. The summed E-state index contributed by atoms with van der Waals surface area (Å²) in [7, 11) is 0. The summed E-state index contributed by atoms with van der Waals surface area (Å²) in [6.45, 7) is 0. The van der Waals surface area contributed by atoms with Gasteiger partial charge in [-0.2, -0.15) is 0 Å². The number of aromatic nitrogens is 2. The third-order valence-electron chi connectivity index (χ3n) is 12.5. The lowest BCUT2D eigenvalue weighted by atomic mass is 9.94. The minimum absolute atomic E-state index is 1.15. The number of hydrogen-bond acceptors (Lipinski definition) is 0. The standard InChI is InChI=1S/C60H40N2/c1-4-16-41(17-5-1)45-20-14-22-47(38-45)48-23-15-21-46(39-48)43-30-32-44(33-31-43)54-40-49(42-18-6-2-7-19-42)34-36-57(54)62-55-28-12-10-26-51(55)52-35-37-58-59(60(52)62)53-27-11-13-29-56(53)61(58)50-24-8-3-9-25-50/h1-40H. The van der Waals surface area contributed by atoms with Crippen LogP contribution in [0.2, 0.25) is 0 Å². The molecule has 12 aromatic rings. The first-order chi connectivity index (χ1) is 30.8. The topological polar surface area (TPSA) is 9.86 Å². The van der Waals surface area contributed by atoms with Crippen molar-refractivity contribution < 1.29 is 0 Å². The summed E-state index contributed by atoms with van der Waals surface area (Å²) >= 11 is 0. The van der Waals surface area contributed by atoms with Gasteiger partial charge in [0.25, 0.3) is 0 Å².